The second-order valence-electron chi connectivity index (χ2n) is 9.80. The van der Waals surface area contributed by atoms with E-state index < -0.39 is 0 Å². The number of carbonyl (C=O) groups excluding carboxylic acids is 2. The van der Waals surface area contributed by atoms with Gasteiger partial charge in [-0.2, -0.15) is 0 Å². The minimum Gasteiger partial charge on any atom is -0.462 e. The summed E-state index contributed by atoms with van der Waals surface area (Å²) in [5.41, 5.74) is -0.236. The van der Waals surface area contributed by atoms with Crippen molar-refractivity contribution in [3.63, 3.8) is 0 Å². The Morgan fingerprint density at radius 1 is 1.00 bits per heavy atom. The van der Waals surface area contributed by atoms with E-state index in [1.165, 1.54) is 0 Å². The third-order valence-corrected chi connectivity index (χ3v) is 5.22. The van der Waals surface area contributed by atoms with Crippen LogP contribution in [0.25, 0.3) is 0 Å². The Morgan fingerprint density at radius 2 is 1.57 bits per heavy atom. The van der Waals surface area contributed by atoms with Crippen LogP contribution in [0.1, 0.15) is 81.6 Å². The molecule has 28 heavy (non-hydrogen) atoms. The van der Waals surface area contributed by atoms with Crippen molar-refractivity contribution in [1.82, 2.24) is 10.6 Å². The minimum atomic E-state index is -0.325. The van der Waals surface area contributed by atoms with Gasteiger partial charge in [0.1, 0.15) is 18.2 Å². The summed E-state index contributed by atoms with van der Waals surface area (Å²) in [4.78, 5) is 24.7. The van der Waals surface area contributed by atoms with Crippen molar-refractivity contribution in [1.29, 1.82) is 0 Å². The molecule has 1 saturated carbocycles. The summed E-state index contributed by atoms with van der Waals surface area (Å²) in [6.45, 7) is 18.0. The number of hydrogen-bond donors (Lipinski definition) is 2. The first-order chi connectivity index (χ1) is 12.8. The Bertz CT molecular complexity index is 511. The van der Waals surface area contributed by atoms with Gasteiger partial charge in [0.25, 0.3) is 0 Å². The fraction of sp³-hybridized carbons (Fsp3) is 0.909. The summed E-state index contributed by atoms with van der Waals surface area (Å²) in [6, 6.07) is -0.385. The smallest absolute Gasteiger partial charge is 0.323 e. The van der Waals surface area contributed by atoms with Crippen LogP contribution in [0.2, 0.25) is 0 Å². The van der Waals surface area contributed by atoms with Crippen LogP contribution < -0.4 is 10.6 Å². The molecule has 0 aromatic heterocycles. The zero-order valence-corrected chi connectivity index (χ0v) is 19.3. The molecule has 0 amide bonds. The third kappa shape index (κ3) is 8.08. The zero-order valence-electron chi connectivity index (χ0n) is 19.3. The molecule has 0 unspecified atom stereocenters. The van der Waals surface area contributed by atoms with E-state index in [4.69, 9.17) is 9.47 Å². The molecule has 6 nitrogen and oxygen atoms in total. The fourth-order valence-corrected chi connectivity index (χ4v) is 3.65. The van der Waals surface area contributed by atoms with Crippen molar-refractivity contribution >= 4 is 11.9 Å². The Labute approximate surface area is 171 Å². The van der Waals surface area contributed by atoms with Gasteiger partial charge in [0.15, 0.2) is 0 Å². The van der Waals surface area contributed by atoms with Crippen LogP contribution in [0.5, 0.6) is 0 Å². The number of esters is 2. The van der Waals surface area contributed by atoms with Crippen molar-refractivity contribution in [3.05, 3.63) is 0 Å². The van der Waals surface area contributed by atoms with Gasteiger partial charge in [0.2, 0.25) is 0 Å². The zero-order chi connectivity index (χ0) is 21.6. The van der Waals surface area contributed by atoms with Crippen molar-refractivity contribution in [3.8, 4) is 0 Å². The first-order valence-corrected chi connectivity index (χ1v) is 10.8. The maximum Gasteiger partial charge on any atom is 0.323 e. The number of rotatable bonds is 11. The summed E-state index contributed by atoms with van der Waals surface area (Å²) in [7, 11) is 0. The molecule has 0 aromatic carbocycles. The molecular weight excluding hydrogens is 356 g/mol. The van der Waals surface area contributed by atoms with E-state index in [-0.39, 0.29) is 47.8 Å². The van der Waals surface area contributed by atoms with Gasteiger partial charge in [-0.05, 0) is 65.7 Å². The molecule has 6 heteroatoms. The Morgan fingerprint density at radius 3 is 2.04 bits per heavy atom. The highest BCUT2D eigenvalue weighted by molar-refractivity contribution is 5.76. The number of ether oxygens (including phenoxy) is 2. The Kier molecular flexibility index (Phi) is 9.41. The first kappa shape index (κ1) is 24.9. The molecule has 1 rings (SSSR count). The molecule has 0 aliphatic heterocycles. The second-order valence-corrected chi connectivity index (χ2v) is 9.80. The molecule has 2 N–H and O–H groups in total. The van der Waals surface area contributed by atoms with Crippen LogP contribution in [0.3, 0.4) is 0 Å². The van der Waals surface area contributed by atoms with Crippen LogP contribution in [0.4, 0.5) is 0 Å². The van der Waals surface area contributed by atoms with Gasteiger partial charge in [0.05, 0.1) is 6.10 Å². The summed E-state index contributed by atoms with van der Waals surface area (Å²) in [5.74, 6) is 0.354. The standard InChI is InChI=1S/C22H42N2O4/c1-13(2)10-19(21(26)27-15(5)6)24-22(8,9)17-11-18(12-17)28-20(25)16(7)23-14(3)4/h13-19,23-24H,10-12H2,1-9H3/t16-,17?,18?,19-/m0/s1. The molecule has 0 radical (unpaired) electrons. The van der Waals surface area contributed by atoms with Crippen LogP contribution in [0, 0.1) is 11.8 Å². The molecule has 1 aliphatic rings. The second kappa shape index (κ2) is 10.6. The van der Waals surface area contributed by atoms with E-state index in [9.17, 15) is 9.59 Å². The van der Waals surface area contributed by atoms with Gasteiger partial charge >= 0.3 is 11.9 Å². The van der Waals surface area contributed by atoms with Crippen LogP contribution in [-0.2, 0) is 19.1 Å². The third-order valence-electron chi connectivity index (χ3n) is 5.22. The fourth-order valence-electron chi connectivity index (χ4n) is 3.65. The molecule has 2 atom stereocenters. The molecule has 0 bridgehead atoms. The minimum absolute atomic E-state index is 0.0406. The highest BCUT2D eigenvalue weighted by Gasteiger charge is 2.44. The average molecular weight is 399 g/mol. The monoisotopic (exact) mass is 398 g/mol. The lowest BCUT2D eigenvalue weighted by Crippen LogP contribution is -2.58. The molecule has 0 heterocycles. The summed E-state index contributed by atoms with van der Waals surface area (Å²) in [5, 5.41) is 6.70. The lowest BCUT2D eigenvalue weighted by Gasteiger charge is -2.46. The maximum atomic E-state index is 12.5. The normalized spacial score (nSPS) is 22.1. The number of carbonyl (C=O) groups is 2. The lowest BCUT2D eigenvalue weighted by molar-refractivity contribution is -0.160. The van der Waals surface area contributed by atoms with Gasteiger partial charge in [-0.3, -0.25) is 14.9 Å². The van der Waals surface area contributed by atoms with E-state index in [1.54, 1.807) is 0 Å². The van der Waals surface area contributed by atoms with Crippen molar-refractivity contribution in [2.75, 3.05) is 0 Å². The van der Waals surface area contributed by atoms with Crippen molar-refractivity contribution in [2.45, 2.75) is 117 Å². The predicted octanol–water partition coefficient (Wildman–Crippen LogP) is 3.43. The van der Waals surface area contributed by atoms with E-state index in [0.717, 1.165) is 19.3 Å². The molecule has 164 valence electrons. The van der Waals surface area contributed by atoms with E-state index >= 15 is 0 Å². The number of hydrogen-bond acceptors (Lipinski definition) is 6. The lowest BCUT2D eigenvalue weighted by atomic mass is 9.70. The van der Waals surface area contributed by atoms with Crippen molar-refractivity contribution < 1.29 is 19.1 Å². The molecule has 0 aromatic rings. The first-order valence-electron chi connectivity index (χ1n) is 10.8. The van der Waals surface area contributed by atoms with E-state index in [0.29, 0.717) is 11.8 Å². The average Bonchev–Trinajstić information content (AvgIpc) is 2.47. The largest absolute Gasteiger partial charge is 0.462 e. The van der Waals surface area contributed by atoms with Gasteiger partial charge in [-0.1, -0.05) is 27.7 Å². The summed E-state index contributed by atoms with van der Waals surface area (Å²) >= 11 is 0. The molecule has 0 spiro atoms. The predicted molar refractivity (Wildman–Crippen MR) is 112 cm³/mol. The molecular formula is C22H42N2O4. The van der Waals surface area contributed by atoms with Gasteiger partial charge in [-0.15, -0.1) is 0 Å². The maximum absolute atomic E-state index is 12.5. The summed E-state index contributed by atoms with van der Waals surface area (Å²) < 4.78 is 11.1. The number of nitrogens with one attached hydrogen (secondary N) is 2. The Hall–Kier alpha value is -1.14. The molecule has 1 fully saturated rings. The molecule has 0 saturated heterocycles. The highest BCUT2D eigenvalue weighted by atomic mass is 16.5. The Balaban J connectivity index is 2.58. The SMILES string of the molecule is CC(C)C[C@H](NC(C)(C)C1CC(OC(=O)[C@H](C)NC(C)C)C1)C(=O)OC(C)C. The summed E-state index contributed by atoms with van der Waals surface area (Å²) in [6.07, 6.45) is 2.20. The van der Waals surface area contributed by atoms with Crippen LogP contribution in [-0.4, -0.2) is 47.8 Å². The van der Waals surface area contributed by atoms with Gasteiger partial charge in [-0.25, -0.2) is 0 Å². The van der Waals surface area contributed by atoms with Gasteiger partial charge in [0, 0.05) is 11.6 Å². The van der Waals surface area contributed by atoms with E-state index in [1.807, 2.05) is 34.6 Å². The van der Waals surface area contributed by atoms with Gasteiger partial charge < -0.3 is 14.8 Å². The van der Waals surface area contributed by atoms with E-state index in [2.05, 4.69) is 38.3 Å². The highest BCUT2D eigenvalue weighted by Crippen LogP contribution is 2.39. The van der Waals surface area contributed by atoms with Crippen LogP contribution in [0.15, 0.2) is 0 Å². The topological polar surface area (TPSA) is 76.7 Å². The molecule has 1 aliphatic carbocycles. The van der Waals surface area contributed by atoms with Crippen LogP contribution >= 0.6 is 0 Å². The van der Waals surface area contributed by atoms with Crippen molar-refractivity contribution in [2.24, 2.45) is 11.8 Å². The quantitative estimate of drug-likeness (QED) is 0.519.